The predicted molar refractivity (Wildman–Crippen MR) is 77.8 cm³/mol. The van der Waals surface area contributed by atoms with Crippen molar-refractivity contribution in [2.24, 2.45) is 11.1 Å². The number of carbonyl (C=O) groups excluding carboxylic acids is 1. The second-order valence-electron chi connectivity index (χ2n) is 5.62. The van der Waals surface area contributed by atoms with E-state index >= 15 is 0 Å². The Morgan fingerprint density at radius 2 is 2.00 bits per heavy atom. The van der Waals surface area contributed by atoms with Crippen LogP contribution in [-0.4, -0.2) is 22.1 Å². The summed E-state index contributed by atoms with van der Waals surface area (Å²) in [4.78, 5) is 12.6. The fraction of sp³-hybridized carbons (Fsp3) is 0.375. The molecule has 1 aromatic carbocycles. The zero-order valence-electron chi connectivity index (χ0n) is 11.5. The van der Waals surface area contributed by atoms with Gasteiger partial charge in [0.05, 0.1) is 11.9 Å². The van der Waals surface area contributed by atoms with Gasteiger partial charge in [0, 0.05) is 6.42 Å². The lowest BCUT2D eigenvalue weighted by molar-refractivity contribution is 0.0778. The van der Waals surface area contributed by atoms with Gasteiger partial charge in [-0.25, -0.2) is 4.68 Å². The lowest BCUT2D eigenvalue weighted by Crippen LogP contribution is -2.39. The first-order valence-corrected chi connectivity index (χ1v) is 7.07. The fourth-order valence-corrected chi connectivity index (χ4v) is 2.85. The Kier molecular flexibility index (Phi) is 3.40. The molecule has 1 aliphatic rings. The summed E-state index contributed by atoms with van der Waals surface area (Å²) in [6.07, 6.45) is 5.52. The van der Waals surface area contributed by atoms with Gasteiger partial charge in [-0.2, -0.15) is 5.10 Å². The normalized spacial score (nSPS) is 16.6. The monoisotopic (exact) mass is 269 g/mol. The topological polar surface area (TPSA) is 60.9 Å². The third-order valence-corrected chi connectivity index (χ3v) is 4.31. The maximum Gasteiger partial charge on any atom is 0.181 e. The maximum atomic E-state index is 12.6. The third-order valence-electron chi connectivity index (χ3n) is 4.31. The number of rotatable bonds is 5. The van der Waals surface area contributed by atoms with Crippen LogP contribution in [0.5, 0.6) is 0 Å². The molecule has 1 aromatic heterocycles. The SMILES string of the molecule is NCC1(CC(=O)c2ccnn2-c2ccccc2)CCC1. The van der Waals surface area contributed by atoms with Crippen molar-refractivity contribution in [3.05, 3.63) is 48.3 Å². The van der Waals surface area contributed by atoms with Gasteiger partial charge in [0.2, 0.25) is 0 Å². The molecule has 1 heterocycles. The molecular formula is C16H19N3O. The molecule has 0 amide bonds. The summed E-state index contributed by atoms with van der Waals surface area (Å²) in [5, 5.41) is 4.27. The number of nitrogens with zero attached hydrogens (tertiary/aromatic N) is 2. The Morgan fingerprint density at radius 3 is 2.60 bits per heavy atom. The molecular weight excluding hydrogens is 250 g/mol. The van der Waals surface area contributed by atoms with Gasteiger partial charge in [-0.05, 0) is 43.0 Å². The summed E-state index contributed by atoms with van der Waals surface area (Å²) in [6, 6.07) is 11.5. The maximum absolute atomic E-state index is 12.6. The molecule has 20 heavy (non-hydrogen) atoms. The van der Waals surface area contributed by atoms with Crippen LogP contribution in [0.4, 0.5) is 0 Å². The van der Waals surface area contributed by atoms with Crippen molar-refractivity contribution in [1.29, 1.82) is 0 Å². The van der Waals surface area contributed by atoms with E-state index in [9.17, 15) is 4.79 Å². The van der Waals surface area contributed by atoms with Gasteiger partial charge < -0.3 is 5.73 Å². The van der Waals surface area contributed by atoms with Crippen LogP contribution in [0.1, 0.15) is 36.2 Å². The van der Waals surface area contributed by atoms with Gasteiger partial charge in [-0.3, -0.25) is 4.79 Å². The van der Waals surface area contributed by atoms with Gasteiger partial charge in [-0.15, -0.1) is 0 Å². The molecule has 1 fully saturated rings. The second-order valence-corrected chi connectivity index (χ2v) is 5.62. The standard InChI is InChI=1S/C16H19N3O/c17-12-16(8-4-9-16)11-15(20)14-7-10-18-19(14)13-5-2-1-3-6-13/h1-3,5-7,10H,4,8-9,11-12,17H2. The Bertz CT molecular complexity index is 594. The number of carbonyl (C=O) groups is 1. The molecule has 4 heteroatoms. The molecule has 1 saturated carbocycles. The zero-order chi connectivity index (χ0) is 14.0. The first-order valence-electron chi connectivity index (χ1n) is 7.07. The van der Waals surface area contributed by atoms with E-state index in [2.05, 4.69) is 5.10 Å². The van der Waals surface area contributed by atoms with E-state index in [0.29, 0.717) is 18.7 Å². The Hall–Kier alpha value is -1.94. The fourth-order valence-electron chi connectivity index (χ4n) is 2.85. The van der Waals surface area contributed by atoms with Crippen LogP contribution >= 0.6 is 0 Å². The molecule has 0 atom stereocenters. The zero-order valence-corrected chi connectivity index (χ0v) is 11.5. The smallest absolute Gasteiger partial charge is 0.181 e. The van der Waals surface area contributed by atoms with Crippen LogP contribution in [-0.2, 0) is 0 Å². The minimum Gasteiger partial charge on any atom is -0.330 e. The predicted octanol–water partition coefficient (Wildman–Crippen LogP) is 2.57. The molecule has 0 unspecified atom stereocenters. The van der Waals surface area contributed by atoms with Gasteiger partial charge in [0.15, 0.2) is 5.78 Å². The minimum absolute atomic E-state index is 0.0306. The van der Waals surface area contributed by atoms with Crippen LogP contribution < -0.4 is 5.73 Å². The molecule has 1 aliphatic carbocycles. The van der Waals surface area contributed by atoms with Crippen LogP contribution in [0.15, 0.2) is 42.6 Å². The van der Waals surface area contributed by atoms with E-state index in [1.165, 1.54) is 6.42 Å². The lowest BCUT2D eigenvalue weighted by atomic mass is 9.66. The van der Waals surface area contributed by atoms with Crippen LogP contribution in [0.3, 0.4) is 0 Å². The number of Topliss-reactive ketones (excluding diaryl/α,β-unsaturated/α-hetero) is 1. The summed E-state index contributed by atoms with van der Waals surface area (Å²) in [7, 11) is 0. The van der Waals surface area contributed by atoms with E-state index < -0.39 is 0 Å². The molecule has 0 bridgehead atoms. The van der Waals surface area contributed by atoms with Crippen LogP contribution in [0.25, 0.3) is 5.69 Å². The Balaban J connectivity index is 1.85. The highest BCUT2D eigenvalue weighted by Crippen LogP contribution is 2.43. The highest BCUT2D eigenvalue weighted by Gasteiger charge is 2.38. The average Bonchev–Trinajstić information content (AvgIpc) is 2.93. The van der Waals surface area contributed by atoms with E-state index in [1.807, 2.05) is 30.3 Å². The van der Waals surface area contributed by atoms with Crippen molar-refractivity contribution in [3.8, 4) is 5.69 Å². The first kappa shape index (κ1) is 13.1. The summed E-state index contributed by atoms with van der Waals surface area (Å²) < 4.78 is 1.71. The quantitative estimate of drug-likeness (QED) is 0.849. The number of hydrogen-bond donors (Lipinski definition) is 1. The van der Waals surface area contributed by atoms with Crippen molar-refractivity contribution in [2.45, 2.75) is 25.7 Å². The first-order chi connectivity index (χ1) is 9.74. The summed E-state index contributed by atoms with van der Waals surface area (Å²) in [6.45, 7) is 0.595. The molecule has 0 radical (unpaired) electrons. The molecule has 0 saturated heterocycles. The number of nitrogens with two attached hydrogens (primary N) is 1. The van der Waals surface area contributed by atoms with Crippen LogP contribution in [0, 0.1) is 5.41 Å². The molecule has 2 aromatic rings. The lowest BCUT2D eigenvalue weighted by Gasteiger charge is -2.40. The Labute approximate surface area is 118 Å². The third kappa shape index (κ3) is 2.27. The number of benzene rings is 1. The van der Waals surface area contributed by atoms with Crippen molar-refractivity contribution < 1.29 is 4.79 Å². The molecule has 3 rings (SSSR count). The van der Waals surface area contributed by atoms with E-state index in [-0.39, 0.29) is 11.2 Å². The summed E-state index contributed by atoms with van der Waals surface area (Å²) in [5.41, 5.74) is 7.44. The average molecular weight is 269 g/mol. The number of aromatic nitrogens is 2. The molecule has 4 nitrogen and oxygen atoms in total. The number of hydrogen-bond acceptors (Lipinski definition) is 3. The molecule has 2 N–H and O–H groups in total. The molecule has 0 spiro atoms. The summed E-state index contributed by atoms with van der Waals surface area (Å²) >= 11 is 0. The van der Waals surface area contributed by atoms with E-state index in [1.54, 1.807) is 16.9 Å². The van der Waals surface area contributed by atoms with E-state index in [4.69, 9.17) is 5.73 Å². The highest BCUT2D eigenvalue weighted by molar-refractivity contribution is 5.95. The van der Waals surface area contributed by atoms with Gasteiger partial charge >= 0.3 is 0 Å². The van der Waals surface area contributed by atoms with Gasteiger partial charge in [0.25, 0.3) is 0 Å². The van der Waals surface area contributed by atoms with Gasteiger partial charge in [0.1, 0.15) is 5.69 Å². The Morgan fingerprint density at radius 1 is 1.25 bits per heavy atom. The van der Waals surface area contributed by atoms with Crippen molar-refractivity contribution in [2.75, 3.05) is 6.54 Å². The van der Waals surface area contributed by atoms with Crippen LogP contribution in [0.2, 0.25) is 0 Å². The second kappa shape index (κ2) is 5.21. The molecule has 0 aliphatic heterocycles. The van der Waals surface area contributed by atoms with Crippen molar-refractivity contribution in [3.63, 3.8) is 0 Å². The number of para-hydroxylation sites is 1. The highest BCUT2D eigenvalue weighted by atomic mass is 16.1. The molecule has 104 valence electrons. The summed E-state index contributed by atoms with van der Waals surface area (Å²) in [5.74, 6) is 0.136. The largest absolute Gasteiger partial charge is 0.330 e. The number of ketones is 1. The van der Waals surface area contributed by atoms with Crippen molar-refractivity contribution in [1.82, 2.24) is 9.78 Å². The van der Waals surface area contributed by atoms with Gasteiger partial charge in [-0.1, -0.05) is 24.6 Å². The van der Waals surface area contributed by atoms with E-state index in [0.717, 1.165) is 18.5 Å². The minimum atomic E-state index is 0.0306. The van der Waals surface area contributed by atoms with Crippen molar-refractivity contribution >= 4 is 5.78 Å².